The van der Waals surface area contributed by atoms with E-state index in [1.807, 2.05) is 19.1 Å². The van der Waals surface area contributed by atoms with Gasteiger partial charge in [0.2, 0.25) is 0 Å². The van der Waals surface area contributed by atoms with Gasteiger partial charge >= 0.3 is 0 Å². The van der Waals surface area contributed by atoms with Crippen molar-refractivity contribution in [2.45, 2.75) is 6.92 Å². The van der Waals surface area contributed by atoms with E-state index in [9.17, 15) is 4.79 Å². The standard InChI is InChI=1S/C21H16Cl2N4O2/c1-2-29-20-9-6-13(10-17(20)23)21(28)24-15-7-8-18-19(12-15)26-27(25-18)16-5-3-4-14(22)11-16/h3-12H,2H2,1H3,(H,24,28). The Bertz CT molecular complexity index is 1210. The Morgan fingerprint density at radius 2 is 1.86 bits per heavy atom. The zero-order chi connectivity index (χ0) is 20.4. The van der Waals surface area contributed by atoms with Crippen molar-refractivity contribution < 1.29 is 9.53 Å². The van der Waals surface area contributed by atoms with Gasteiger partial charge in [-0.2, -0.15) is 4.80 Å². The van der Waals surface area contributed by atoms with Crippen LogP contribution in [0.5, 0.6) is 5.75 Å². The summed E-state index contributed by atoms with van der Waals surface area (Å²) in [7, 11) is 0. The molecule has 0 radical (unpaired) electrons. The number of amides is 1. The van der Waals surface area contributed by atoms with E-state index in [4.69, 9.17) is 27.9 Å². The van der Waals surface area contributed by atoms with Crippen molar-refractivity contribution in [1.82, 2.24) is 15.0 Å². The minimum Gasteiger partial charge on any atom is -0.492 e. The smallest absolute Gasteiger partial charge is 0.255 e. The van der Waals surface area contributed by atoms with Crippen molar-refractivity contribution >= 4 is 45.8 Å². The van der Waals surface area contributed by atoms with Gasteiger partial charge in [-0.1, -0.05) is 29.3 Å². The number of ether oxygens (including phenoxy) is 1. The molecule has 3 aromatic carbocycles. The second-order valence-electron chi connectivity index (χ2n) is 6.21. The Hall–Kier alpha value is -3.09. The van der Waals surface area contributed by atoms with Crippen molar-refractivity contribution in [3.63, 3.8) is 0 Å². The van der Waals surface area contributed by atoms with Crippen LogP contribution in [-0.4, -0.2) is 27.5 Å². The predicted molar refractivity (Wildman–Crippen MR) is 114 cm³/mol. The van der Waals surface area contributed by atoms with Gasteiger partial charge in [0.05, 0.1) is 17.3 Å². The van der Waals surface area contributed by atoms with Crippen LogP contribution in [0.1, 0.15) is 17.3 Å². The molecule has 0 spiro atoms. The third-order valence-corrected chi connectivity index (χ3v) is 4.70. The fourth-order valence-corrected chi connectivity index (χ4v) is 3.25. The first kappa shape index (κ1) is 19.2. The zero-order valence-electron chi connectivity index (χ0n) is 15.4. The fraction of sp³-hybridized carbons (Fsp3) is 0.0952. The largest absolute Gasteiger partial charge is 0.492 e. The van der Waals surface area contributed by atoms with Gasteiger partial charge < -0.3 is 10.1 Å². The topological polar surface area (TPSA) is 69.0 Å². The van der Waals surface area contributed by atoms with E-state index < -0.39 is 0 Å². The van der Waals surface area contributed by atoms with Crippen LogP contribution in [0, 0.1) is 0 Å². The molecule has 0 aliphatic rings. The normalized spacial score (nSPS) is 10.9. The summed E-state index contributed by atoms with van der Waals surface area (Å²) in [6.45, 7) is 2.37. The number of nitrogens with one attached hydrogen (secondary N) is 1. The molecule has 0 saturated carbocycles. The van der Waals surface area contributed by atoms with Crippen LogP contribution < -0.4 is 10.1 Å². The molecule has 146 valence electrons. The van der Waals surface area contributed by atoms with Gasteiger partial charge in [-0.15, -0.1) is 10.2 Å². The summed E-state index contributed by atoms with van der Waals surface area (Å²) in [4.78, 5) is 14.1. The molecule has 0 atom stereocenters. The number of hydrogen-bond acceptors (Lipinski definition) is 4. The number of carbonyl (C=O) groups excluding carboxylic acids is 1. The quantitative estimate of drug-likeness (QED) is 0.465. The highest BCUT2D eigenvalue weighted by Gasteiger charge is 2.12. The SMILES string of the molecule is CCOc1ccc(C(=O)Nc2ccc3nn(-c4cccc(Cl)c4)nc3c2)cc1Cl. The number of nitrogens with zero attached hydrogens (tertiary/aromatic N) is 3. The summed E-state index contributed by atoms with van der Waals surface area (Å²) in [5.41, 5.74) is 3.13. The van der Waals surface area contributed by atoms with E-state index in [2.05, 4.69) is 15.5 Å². The summed E-state index contributed by atoms with van der Waals surface area (Å²) in [6, 6.07) is 17.5. The highest BCUT2D eigenvalue weighted by molar-refractivity contribution is 6.32. The van der Waals surface area contributed by atoms with E-state index in [0.29, 0.717) is 44.7 Å². The molecule has 0 aliphatic heterocycles. The van der Waals surface area contributed by atoms with Gasteiger partial charge in [-0.3, -0.25) is 4.79 Å². The molecule has 1 amide bonds. The molecule has 4 aromatic rings. The van der Waals surface area contributed by atoms with Crippen LogP contribution in [0.2, 0.25) is 10.0 Å². The Kier molecular flexibility index (Phi) is 5.38. The van der Waals surface area contributed by atoms with E-state index in [-0.39, 0.29) is 5.91 Å². The number of benzene rings is 3. The van der Waals surface area contributed by atoms with Crippen LogP contribution in [-0.2, 0) is 0 Å². The molecule has 4 rings (SSSR count). The summed E-state index contributed by atoms with van der Waals surface area (Å²) in [5, 5.41) is 12.8. The van der Waals surface area contributed by atoms with Gasteiger partial charge in [-0.25, -0.2) is 0 Å². The number of fused-ring (bicyclic) bond motifs is 1. The number of anilines is 1. The average Bonchev–Trinajstić information content (AvgIpc) is 3.13. The second kappa shape index (κ2) is 8.11. The minimum atomic E-state index is -0.281. The summed E-state index contributed by atoms with van der Waals surface area (Å²) >= 11 is 12.2. The molecular formula is C21H16Cl2N4O2. The van der Waals surface area contributed by atoms with Gasteiger partial charge in [0.25, 0.3) is 5.91 Å². The van der Waals surface area contributed by atoms with E-state index >= 15 is 0 Å². The first-order chi connectivity index (χ1) is 14.0. The number of rotatable bonds is 5. The number of carbonyl (C=O) groups is 1. The second-order valence-corrected chi connectivity index (χ2v) is 7.05. The molecule has 0 fully saturated rings. The van der Waals surface area contributed by atoms with Gasteiger partial charge in [0.15, 0.2) is 0 Å². The monoisotopic (exact) mass is 426 g/mol. The molecular weight excluding hydrogens is 411 g/mol. The van der Waals surface area contributed by atoms with Crippen molar-refractivity contribution in [1.29, 1.82) is 0 Å². The lowest BCUT2D eigenvalue weighted by Gasteiger charge is -2.08. The van der Waals surface area contributed by atoms with Crippen LogP contribution in [0.25, 0.3) is 16.7 Å². The molecule has 1 N–H and O–H groups in total. The molecule has 0 unspecified atom stereocenters. The Labute approximate surface area is 177 Å². The fourth-order valence-electron chi connectivity index (χ4n) is 2.83. The Balaban J connectivity index is 1.57. The molecule has 1 aromatic heterocycles. The van der Waals surface area contributed by atoms with Crippen LogP contribution in [0.15, 0.2) is 60.7 Å². The van der Waals surface area contributed by atoms with E-state index in [1.165, 1.54) is 4.80 Å². The maximum Gasteiger partial charge on any atom is 0.255 e. The highest BCUT2D eigenvalue weighted by atomic mass is 35.5. The lowest BCUT2D eigenvalue weighted by molar-refractivity contribution is 0.102. The Morgan fingerprint density at radius 1 is 1.03 bits per heavy atom. The minimum absolute atomic E-state index is 0.281. The van der Waals surface area contributed by atoms with Crippen LogP contribution in [0.4, 0.5) is 5.69 Å². The van der Waals surface area contributed by atoms with E-state index in [1.54, 1.807) is 48.5 Å². The third-order valence-electron chi connectivity index (χ3n) is 4.17. The molecule has 8 heteroatoms. The molecule has 1 heterocycles. The van der Waals surface area contributed by atoms with Gasteiger partial charge in [0.1, 0.15) is 16.8 Å². The van der Waals surface area contributed by atoms with Crippen molar-refractivity contribution in [2.24, 2.45) is 0 Å². The zero-order valence-corrected chi connectivity index (χ0v) is 16.9. The summed E-state index contributed by atoms with van der Waals surface area (Å²) < 4.78 is 5.39. The highest BCUT2D eigenvalue weighted by Crippen LogP contribution is 2.26. The van der Waals surface area contributed by atoms with Crippen LogP contribution in [0.3, 0.4) is 0 Å². The maximum absolute atomic E-state index is 12.6. The Morgan fingerprint density at radius 3 is 2.62 bits per heavy atom. The number of halogens is 2. The van der Waals surface area contributed by atoms with Crippen LogP contribution >= 0.6 is 23.2 Å². The summed E-state index contributed by atoms with van der Waals surface area (Å²) in [5.74, 6) is 0.265. The molecule has 29 heavy (non-hydrogen) atoms. The predicted octanol–water partition coefficient (Wildman–Crippen LogP) is 5.38. The van der Waals surface area contributed by atoms with Crippen molar-refractivity contribution in [3.8, 4) is 11.4 Å². The molecule has 0 bridgehead atoms. The van der Waals surface area contributed by atoms with E-state index in [0.717, 1.165) is 5.69 Å². The lowest BCUT2D eigenvalue weighted by atomic mass is 10.2. The maximum atomic E-state index is 12.6. The number of aromatic nitrogens is 3. The number of hydrogen-bond donors (Lipinski definition) is 1. The van der Waals surface area contributed by atoms with Crippen molar-refractivity contribution in [2.75, 3.05) is 11.9 Å². The van der Waals surface area contributed by atoms with Gasteiger partial charge in [0, 0.05) is 16.3 Å². The first-order valence-corrected chi connectivity index (χ1v) is 9.66. The van der Waals surface area contributed by atoms with Gasteiger partial charge in [-0.05, 0) is 61.5 Å². The first-order valence-electron chi connectivity index (χ1n) is 8.90. The van der Waals surface area contributed by atoms with Crippen molar-refractivity contribution in [3.05, 3.63) is 76.3 Å². The molecule has 0 saturated heterocycles. The summed E-state index contributed by atoms with van der Waals surface area (Å²) in [6.07, 6.45) is 0. The molecule has 6 nitrogen and oxygen atoms in total. The molecule has 0 aliphatic carbocycles. The lowest BCUT2D eigenvalue weighted by Crippen LogP contribution is -2.11. The third kappa shape index (κ3) is 4.18. The average molecular weight is 427 g/mol.